The zero-order valence-electron chi connectivity index (χ0n) is 12.2. The minimum Gasteiger partial charge on any atom is -0.466 e. The molecule has 23 heavy (non-hydrogen) atoms. The number of aromatic nitrogens is 1. The van der Waals surface area contributed by atoms with E-state index in [-0.39, 0.29) is 29.7 Å². The van der Waals surface area contributed by atoms with Crippen LogP contribution in [0, 0.1) is 0 Å². The zero-order chi connectivity index (χ0) is 17.0. The van der Waals surface area contributed by atoms with E-state index in [1.165, 1.54) is 0 Å². The second-order valence-electron chi connectivity index (χ2n) is 4.73. The molecule has 3 nitrogen and oxygen atoms in total. The highest BCUT2D eigenvalue weighted by molar-refractivity contribution is 6.33. The quantitative estimate of drug-likeness (QED) is 0.766. The van der Waals surface area contributed by atoms with E-state index in [0.717, 1.165) is 12.3 Å². The summed E-state index contributed by atoms with van der Waals surface area (Å²) in [5, 5.41) is -0.104. The van der Waals surface area contributed by atoms with Crippen LogP contribution in [0.25, 0.3) is 11.3 Å². The number of hydrogen-bond donors (Lipinski definition) is 0. The summed E-state index contributed by atoms with van der Waals surface area (Å²) in [5.74, 6) is -0.379. The van der Waals surface area contributed by atoms with Crippen molar-refractivity contribution in [1.82, 2.24) is 4.98 Å². The van der Waals surface area contributed by atoms with E-state index >= 15 is 0 Å². The summed E-state index contributed by atoms with van der Waals surface area (Å²) in [5.41, 5.74) is 0.517. The van der Waals surface area contributed by atoms with Crippen LogP contribution >= 0.6 is 11.6 Å². The van der Waals surface area contributed by atoms with Crippen molar-refractivity contribution in [2.45, 2.75) is 19.5 Å². The van der Waals surface area contributed by atoms with Gasteiger partial charge < -0.3 is 4.74 Å². The molecule has 0 aliphatic heterocycles. The molecule has 0 radical (unpaired) electrons. The molecule has 1 aromatic heterocycles. The molecule has 0 spiro atoms. The number of nitrogens with zero attached hydrogens (tertiary/aromatic N) is 1. The van der Waals surface area contributed by atoms with Gasteiger partial charge in [0.2, 0.25) is 0 Å². The van der Waals surface area contributed by atoms with Crippen molar-refractivity contribution in [1.29, 1.82) is 0 Å². The van der Waals surface area contributed by atoms with E-state index in [0.29, 0.717) is 11.1 Å². The van der Waals surface area contributed by atoms with Crippen molar-refractivity contribution < 1.29 is 22.7 Å². The van der Waals surface area contributed by atoms with E-state index in [2.05, 4.69) is 4.98 Å². The Balaban J connectivity index is 2.30. The Labute approximate surface area is 136 Å². The van der Waals surface area contributed by atoms with E-state index < -0.39 is 11.7 Å². The Morgan fingerprint density at radius 2 is 2.04 bits per heavy atom. The SMILES string of the molecule is CCOC(=O)Cc1cccc(-c2ncc(C(F)(F)F)cc2Cl)c1. The summed E-state index contributed by atoms with van der Waals surface area (Å²) >= 11 is 5.92. The van der Waals surface area contributed by atoms with Crippen molar-refractivity contribution in [3.8, 4) is 11.3 Å². The molecule has 0 aliphatic rings. The van der Waals surface area contributed by atoms with Crippen LogP contribution in [0.1, 0.15) is 18.1 Å². The van der Waals surface area contributed by atoms with Gasteiger partial charge in [-0.1, -0.05) is 29.8 Å². The second-order valence-corrected chi connectivity index (χ2v) is 5.14. The van der Waals surface area contributed by atoms with Crippen molar-refractivity contribution in [2.75, 3.05) is 6.61 Å². The van der Waals surface area contributed by atoms with Crippen molar-refractivity contribution in [3.63, 3.8) is 0 Å². The molecule has 0 atom stereocenters. The molecule has 0 saturated carbocycles. The Morgan fingerprint density at radius 3 is 2.65 bits per heavy atom. The standard InChI is InChI=1S/C16H13ClF3NO2/c1-2-23-14(22)7-10-4-3-5-11(6-10)15-13(17)8-12(9-21-15)16(18,19)20/h3-6,8-9H,2,7H2,1H3. The molecule has 1 aromatic carbocycles. The minimum absolute atomic E-state index is 0.0694. The van der Waals surface area contributed by atoms with E-state index in [1.807, 2.05) is 0 Å². The van der Waals surface area contributed by atoms with Crippen molar-refractivity contribution in [2.24, 2.45) is 0 Å². The fraction of sp³-hybridized carbons (Fsp3) is 0.250. The predicted octanol–water partition coefficient (Wildman–Crippen LogP) is 4.53. The van der Waals surface area contributed by atoms with Gasteiger partial charge in [0.25, 0.3) is 0 Å². The first-order valence-corrected chi connectivity index (χ1v) is 7.16. The van der Waals surface area contributed by atoms with Crippen LogP contribution in [-0.2, 0) is 22.1 Å². The monoisotopic (exact) mass is 343 g/mol. The van der Waals surface area contributed by atoms with Crippen LogP contribution in [0.3, 0.4) is 0 Å². The molecule has 2 aromatic rings. The second kappa shape index (κ2) is 7.00. The number of hydrogen-bond acceptors (Lipinski definition) is 3. The average Bonchev–Trinajstić information content (AvgIpc) is 2.46. The Hall–Kier alpha value is -2.08. The molecular weight excluding hydrogens is 331 g/mol. The fourth-order valence-corrected chi connectivity index (χ4v) is 2.29. The zero-order valence-corrected chi connectivity index (χ0v) is 12.9. The van der Waals surface area contributed by atoms with Crippen LogP contribution < -0.4 is 0 Å². The van der Waals surface area contributed by atoms with Gasteiger partial charge in [-0.15, -0.1) is 0 Å². The highest BCUT2D eigenvalue weighted by Gasteiger charge is 2.31. The number of alkyl halides is 3. The number of carbonyl (C=O) groups is 1. The van der Waals surface area contributed by atoms with Crippen LogP contribution in [0.4, 0.5) is 13.2 Å². The molecule has 122 valence electrons. The van der Waals surface area contributed by atoms with E-state index in [1.54, 1.807) is 31.2 Å². The van der Waals surface area contributed by atoms with Gasteiger partial charge in [-0.05, 0) is 24.6 Å². The maximum atomic E-state index is 12.6. The van der Waals surface area contributed by atoms with Gasteiger partial charge in [-0.3, -0.25) is 9.78 Å². The lowest BCUT2D eigenvalue weighted by Gasteiger charge is -2.10. The smallest absolute Gasteiger partial charge is 0.417 e. The minimum atomic E-state index is -4.50. The third-order valence-corrected chi connectivity index (χ3v) is 3.31. The number of halogens is 4. The van der Waals surface area contributed by atoms with Gasteiger partial charge >= 0.3 is 12.1 Å². The van der Waals surface area contributed by atoms with Crippen molar-refractivity contribution >= 4 is 17.6 Å². The van der Waals surface area contributed by atoms with Gasteiger partial charge in [0.1, 0.15) is 0 Å². The largest absolute Gasteiger partial charge is 0.466 e. The summed E-state index contributed by atoms with van der Waals surface area (Å²) < 4.78 is 42.8. The number of carbonyl (C=O) groups excluding carboxylic acids is 1. The molecule has 0 N–H and O–H groups in total. The van der Waals surface area contributed by atoms with E-state index in [4.69, 9.17) is 16.3 Å². The number of pyridine rings is 1. The summed E-state index contributed by atoms with van der Waals surface area (Å²) in [4.78, 5) is 15.3. The topological polar surface area (TPSA) is 39.2 Å². The maximum Gasteiger partial charge on any atom is 0.417 e. The molecule has 0 aliphatic carbocycles. The summed E-state index contributed by atoms with van der Waals surface area (Å²) in [7, 11) is 0. The van der Waals surface area contributed by atoms with Gasteiger partial charge in [0.15, 0.2) is 0 Å². The molecule has 0 fully saturated rings. The molecule has 7 heteroatoms. The number of esters is 1. The number of benzene rings is 1. The molecule has 1 heterocycles. The highest BCUT2D eigenvalue weighted by atomic mass is 35.5. The molecule has 0 bridgehead atoms. The van der Waals surface area contributed by atoms with Crippen LogP contribution in [0.5, 0.6) is 0 Å². The third kappa shape index (κ3) is 4.45. The van der Waals surface area contributed by atoms with Crippen molar-refractivity contribution in [3.05, 3.63) is 52.7 Å². The summed E-state index contributed by atoms with van der Waals surface area (Å²) in [6, 6.07) is 7.55. The van der Waals surface area contributed by atoms with Crippen LogP contribution in [0.2, 0.25) is 5.02 Å². The fourth-order valence-electron chi connectivity index (χ4n) is 2.01. The van der Waals surface area contributed by atoms with Crippen LogP contribution in [0.15, 0.2) is 36.5 Å². The average molecular weight is 344 g/mol. The van der Waals surface area contributed by atoms with Gasteiger partial charge in [-0.25, -0.2) is 0 Å². The first kappa shape index (κ1) is 17.3. The van der Waals surface area contributed by atoms with Crippen LogP contribution in [-0.4, -0.2) is 17.6 Å². The Kier molecular flexibility index (Phi) is 5.26. The normalized spacial score (nSPS) is 11.3. The lowest BCUT2D eigenvalue weighted by atomic mass is 10.0. The summed E-state index contributed by atoms with van der Waals surface area (Å²) in [6.07, 6.45) is -3.69. The lowest BCUT2D eigenvalue weighted by molar-refractivity contribution is -0.142. The van der Waals surface area contributed by atoms with Gasteiger partial charge in [0.05, 0.1) is 29.3 Å². The Bertz CT molecular complexity index is 717. The molecule has 2 rings (SSSR count). The summed E-state index contributed by atoms with van der Waals surface area (Å²) in [6.45, 7) is 1.99. The highest BCUT2D eigenvalue weighted by Crippen LogP contribution is 2.34. The third-order valence-electron chi connectivity index (χ3n) is 3.02. The van der Waals surface area contributed by atoms with Gasteiger partial charge in [0, 0.05) is 11.8 Å². The van der Waals surface area contributed by atoms with Gasteiger partial charge in [-0.2, -0.15) is 13.2 Å². The Morgan fingerprint density at radius 1 is 1.30 bits per heavy atom. The maximum absolute atomic E-state index is 12.6. The molecule has 0 unspecified atom stereocenters. The molecule has 0 saturated heterocycles. The first-order valence-electron chi connectivity index (χ1n) is 6.79. The number of rotatable bonds is 4. The number of ether oxygens (including phenoxy) is 1. The molecular formula is C16H13ClF3NO2. The lowest BCUT2D eigenvalue weighted by Crippen LogP contribution is -2.07. The van der Waals surface area contributed by atoms with E-state index in [9.17, 15) is 18.0 Å². The first-order chi connectivity index (χ1) is 10.8. The molecule has 0 amide bonds. The predicted molar refractivity (Wildman–Crippen MR) is 80.0 cm³/mol.